The van der Waals surface area contributed by atoms with Gasteiger partial charge < -0.3 is 20.3 Å². The molecule has 0 spiro atoms. The molecule has 1 atom stereocenters. The first-order chi connectivity index (χ1) is 6.56. The van der Waals surface area contributed by atoms with E-state index in [9.17, 15) is 9.59 Å². The number of hydrogen-bond acceptors (Lipinski definition) is 4. The van der Waals surface area contributed by atoms with Gasteiger partial charge in [-0.05, 0) is 6.42 Å². The van der Waals surface area contributed by atoms with Gasteiger partial charge in [-0.2, -0.15) is 0 Å². The van der Waals surface area contributed by atoms with Gasteiger partial charge in [-0.1, -0.05) is 6.92 Å². The van der Waals surface area contributed by atoms with Crippen molar-refractivity contribution in [3.63, 3.8) is 0 Å². The largest absolute Gasteiger partial charge is 0.480 e. The summed E-state index contributed by atoms with van der Waals surface area (Å²) in [6.07, 6.45) is -0.0191. The van der Waals surface area contributed by atoms with Gasteiger partial charge in [0.15, 0.2) is 0 Å². The fourth-order valence-corrected chi connectivity index (χ4v) is 0.658. The summed E-state index contributed by atoms with van der Waals surface area (Å²) in [6, 6.07) is 0. The van der Waals surface area contributed by atoms with Crippen molar-refractivity contribution in [2.75, 3.05) is 19.8 Å². The molecule has 0 aromatic carbocycles. The van der Waals surface area contributed by atoms with Crippen LogP contribution in [0.4, 0.5) is 0 Å². The maximum atomic E-state index is 10.9. The van der Waals surface area contributed by atoms with Crippen LogP contribution in [0.2, 0.25) is 0 Å². The summed E-state index contributed by atoms with van der Waals surface area (Å²) < 4.78 is 4.53. The highest BCUT2D eigenvalue weighted by Crippen LogP contribution is 1.86. The molecule has 1 unspecified atom stereocenters. The summed E-state index contributed by atoms with van der Waals surface area (Å²) in [4.78, 5) is 20.9. The summed E-state index contributed by atoms with van der Waals surface area (Å²) in [5, 5.41) is 19.7. The monoisotopic (exact) mass is 205 g/mol. The molecule has 0 aromatic heterocycles. The molecule has 0 aromatic rings. The molecular formula is C8H15NO5. The zero-order valence-electron chi connectivity index (χ0n) is 8.02. The number of carbonyl (C=O) groups excluding carboxylic acids is 1. The highest BCUT2D eigenvalue weighted by Gasteiger charge is 2.05. The zero-order valence-corrected chi connectivity index (χ0v) is 8.02. The van der Waals surface area contributed by atoms with Crippen LogP contribution in [0, 0.1) is 0 Å². The molecule has 0 bridgehead atoms. The first kappa shape index (κ1) is 12.9. The van der Waals surface area contributed by atoms with Gasteiger partial charge in [-0.15, -0.1) is 0 Å². The van der Waals surface area contributed by atoms with Crippen molar-refractivity contribution in [3.8, 4) is 0 Å². The maximum Gasteiger partial charge on any atom is 0.329 e. The molecule has 6 nitrogen and oxygen atoms in total. The van der Waals surface area contributed by atoms with Crippen LogP contribution in [-0.4, -0.2) is 48.0 Å². The van der Waals surface area contributed by atoms with E-state index in [2.05, 4.69) is 10.1 Å². The number of hydrogen-bond donors (Lipinski definition) is 3. The van der Waals surface area contributed by atoms with E-state index in [1.54, 1.807) is 6.92 Å². The van der Waals surface area contributed by atoms with E-state index < -0.39 is 24.6 Å². The molecule has 14 heavy (non-hydrogen) atoms. The van der Waals surface area contributed by atoms with Crippen LogP contribution in [0.15, 0.2) is 0 Å². The van der Waals surface area contributed by atoms with E-state index in [1.807, 2.05) is 0 Å². The van der Waals surface area contributed by atoms with E-state index in [0.29, 0.717) is 6.42 Å². The first-order valence-electron chi connectivity index (χ1n) is 4.30. The number of aliphatic carboxylic acids is 1. The molecule has 0 aliphatic heterocycles. The minimum Gasteiger partial charge on any atom is -0.480 e. The number of amides is 1. The normalized spacial score (nSPS) is 12.1. The minimum atomic E-state index is -1.12. The lowest BCUT2D eigenvalue weighted by molar-refractivity contribution is -0.143. The van der Waals surface area contributed by atoms with E-state index >= 15 is 0 Å². The van der Waals surface area contributed by atoms with Crippen LogP contribution in [0.5, 0.6) is 0 Å². The molecule has 6 heteroatoms. The summed E-state index contributed by atoms with van der Waals surface area (Å²) in [5.74, 6) is -1.55. The van der Waals surface area contributed by atoms with Crippen molar-refractivity contribution >= 4 is 11.9 Å². The van der Waals surface area contributed by atoms with Crippen LogP contribution in [0.3, 0.4) is 0 Å². The summed E-state index contributed by atoms with van der Waals surface area (Å²) >= 11 is 0. The molecule has 0 saturated heterocycles. The molecule has 0 rings (SSSR count). The highest BCUT2D eigenvalue weighted by molar-refractivity contribution is 5.77. The lowest BCUT2D eigenvalue weighted by atomic mass is 10.3. The summed E-state index contributed by atoms with van der Waals surface area (Å²) in [6.45, 7) is 1.15. The second-order valence-electron chi connectivity index (χ2n) is 2.75. The number of nitrogens with one attached hydrogen (secondary N) is 1. The quantitative estimate of drug-likeness (QED) is 0.494. The predicted molar refractivity (Wildman–Crippen MR) is 47.8 cm³/mol. The van der Waals surface area contributed by atoms with Gasteiger partial charge in [0.1, 0.15) is 13.2 Å². The van der Waals surface area contributed by atoms with Gasteiger partial charge in [0, 0.05) is 6.54 Å². The van der Waals surface area contributed by atoms with Crippen molar-refractivity contribution in [2.45, 2.75) is 19.4 Å². The molecule has 0 heterocycles. The van der Waals surface area contributed by atoms with Gasteiger partial charge >= 0.3 is 5.97 Å². The predicted octanol–water partition coefficient (Wildman–Crippen LogP) is -1.03. The molecule has 1 amide bonds. The average Bonchev–Trinajstić information content (AvgIpc) is 2.13. The fraction of sp³-hybridized carbons (Fsp3) is 0.750. The molecule has 0 fully saturated rings. The van der Waals surface area contributed by atoms with Crippen LogP contribution < -0.4 is 5.32 Å². The van der Waals surface area contributed by atoms with Gasteiger partial charge in [0.2, 0.25) is 5.91 Å². The Kier molecular flexibility index (Phi) is 6.69. The molecule has 0 aliphatic carbocycles. The number of aliphatic hydroxyl groups is 1. The zero-order chi connectivity index (χ0) is 11.0. The second-order valence-corrected chi connectivity index (χ2v) is 2.75. The molecule has 0 saturated carbocycles. The minimum absolute atomic E-state index is 0.158. The third-order valence-electron chi connectivity index (χ3n) is 1.46. The maximum absolute atomic E-state index is 10.9. The number of aliphatic hydroxyl groups excluding tert-OH is 1. The van der Waals surface area contributed by atoms with Crippen molar-refractivity contribution in [1.82, 2.24) is 5.32 Å². The standard InChI is InChI=1S/C8H15NO5/c1-2-6(10)3-9-7(11)4-14-5-8(12)13/h6,10H,2-5H2,1H3,(H,9,11)(H,12,13). The Labute approximate surface area is 81.9 Å². The number of rotatable bonds is 7. The lowest BCUT2D eigenvalue weighted by Crippen LogP contribution is -2.34. The molecular weight excluding hydrogens is 190 g/mol. The summed E-state index contributed by atoms with van der Waals surface area (Å²) in [7, 11) is 0. The van der Waals surface area contributed by atoms with Crippen LogP contribution in [-0.2, 0) is 14.3 Å². The van der Waals surface area contributed by atoms with E-state index in [4.69, 9.17) is 10.2 Å². The smallest absolute Gasteiger partial charge is 0.329 e. The van der Waals surface area contributed by atoms with Crippen LogP contribution in [0.1, 0.15) is 13.3 Å². The number of carbonyl (C=O) groups is 2. The topological polar surface area (TPSA) is 95.9 Å². The van der Waals surface area contributed by atoms with Gasteiger partial charge in [-0.25, -0.2) is 4.79 Å². The van der Waals surface area contributed by atoms with Crippen molar-refractivity contribution < 1.29 is 24.5 Å². The Morgan fingerprint density at radius 1 is 1.43 bits per heavy atom. The van der Waals surface area contributed by atoms with Crippen LogP contribution >= 0.6 is 0 Å². The average molecular weight is 205 g/mol. The Bertz CT molecular complexity index is 194. The van der Waals surface area contributed by atoms with Gasteiger partial charge in [-0.3, -0.25) is 4.79 Å². The molecule has 0 aliphatic rings. The lowest BCUT2D eigenvalue weighted by Gasteiger charge is -2.08. The van der Waals surface area contributed by atoms with Crippen molar-refractivity contribution in [3.05, 3.63) is 0 Å². The Morgan fingerprint density at radius 2 is 2.07 bits per heavy atom. The Morgan fingerprint density at radius 3 is 2.57 bits per heavy atom. The Hall–Kier alpha value is -1.14. The molecule has 0 radical (unpaired) electrons. The Balaban J connectivity index is 3.41. The third-order valence-corrected chi connectivity index (χ3v) is 1.46. The van der Waals surface area contributed by atoms with Gasteiger partial charge in [0.05, 0.1) is 6.10 Å². The van der Waals surface area contributed by atoms with E-state index in [-0.39, 0.29) is 13.2 Å². The fourth-order valence-electron chi connectivity index (χ4n) is 0.658. The third kappa shape index (κ3) is 7.51. The second kappa shape index (κ2) is 7.28. The van der Waals surface area contributed by atoms with Crippen molar-refractivity contribution in [2.24, 2.45) is 0 Å². The van der Waals surface area contributed by atoms with E-state index in [1.165, 1.54) is 0 Å². The highest BCUT2D eigenvalue weighted by atomic mass is 16.5. The first-order valence-corrected chi connectivity index (χ1v) is 4.30. The molecule has 82 valence electrons. The van der Waals surface area contributed by atoms with Crippen molar-refractivity contribution in [1.29, 1.82) is 0 Å². The summed E-state index contributed by atoms with van der Waals surface area (Å²) in [5.41, 5.74) is 0. The SMILES string of the molecule is CCC(O)CNC(=O)COCC(=O)O. The number of carboxylic acids is 1. The molecule has 3 N–H and O–H groups in total. The van der Waals surface area contributed by atoms with Crippen LogP contribution in [0.25, 0.3) is 0 Å². The van der Waals surface area contributed by atoms with Gasteiger partial charge in [0.25, 0.3) is 0 Å². The number of carboxylic acid groups (broad SMARTS) is 1. The number of ether oxygens (including phenoxy) is 1. The van der Waals surface area contributed by atoms with E-state index in [0.717, 1.165) is 0 Å².